The molecule has 0 unspecified atom stereocenters. The predicted molar refractivity (Wildman–Crippen MR) is 108 cm³/mol. The maximum absolute atomic E-state index is 2.55. The molecule has 2 rings (SSSR count). The van der Waals surface area contributed by atoms with Crippen LogP contribution in [0.1, 0.15) is 90.9 Å². The van der Waals surface area contributed by atoms with Crippen molar-refractivity contribution in [3.63, 3.8) is 0 Å². The molecule has 0 saturated heterocycles. The van der Waals surface area contributed by atoms with Crippen LogP contribution in [-0.2, 0) is 0 Å². The zero-order valence-electron chi connectivity index (χ0n) is 16.3. The molecule has 136 valence electrons. The second-order valence-corrected chi connectivity index (χ2v) is 8.20. The van der Waals surface area contributed by atoms with Gasteiger partial charge in [0.2, 0.25) is 0 Å². The Labute approximate surface area is 151 Å². The van der Waals surface area contributed by atoms with Gasteiger partial charge in [-0.2, -0.15) is 0 Å². The molecule has 0 nitrogen and oxygen atoms in total. The van der Waals surface area contributed by atoms with Crippen LogP contribution in [0.25, 0.3) is 0 Å². The number of rotatable bonds is 8. The molecule has 2 aliphatic rings. The summed E-state index contributed by atoms with van der Waals surface area (Å²) in [6.45, 7) is 4.42. The summed E-state index contributed by atoms with van der Waals surface area (Å²) >= 11 is 0. The maximum Gasteiger partial charge on any atom is -0.0233 e. The smallest absolute Gasteiger partial charge is 0.0233 e. The Morgan fingerprint density at radius 1 is 0.667 bits per heavy atom. The SMILES string of the molecule is C/C=C/C1CCC(/C=C/CCC2CCC(/C=C/CCC)CC2)CC1. The first-order valence-corrected chi connectivity index (χ1v) is 10.8. The lowest BCUT2D eigenvalue weighted by molar-refractivity contribution is 0.297. The van der Waals surface area contributed by atoms with Crippen molar-refractivity contribution in [2.45, 2.75) is 90.9 Å². The van der Waals surface area contributed by atoms with Crippen LogP contribution >= 0.6 is 0 Å². The molecule has 0 N–H and O–H groups in total. The van der Waals surface area contributed by atoms with Crippen molar-refractivity contribution in [2.24, 2.45) is 23.7 Å². The Hall–Kier alpha value is -0.780. The van der Waals surface area contributed by atoms with Gasteiger partial charge in [0, 0.05) is 0 Å². The second-order valence-electron chi connectivity index (χ2n) is 8.20. The average Bonchev–Trinajstić information content (AvgIpc) is 2.62. The quantitative estimate of drug-likeness (QED) is 0.398. The summed E-state index contributed by atoms with van der Waals surface area (Å²) in [6, 6.07) is 0. The monoisotopic (exact) mass is 328 g/mol. The Morgan fingerprint density at radius 3 is 1.71 bits per heavy atom. The highest BCUT2D eigenvalue weighted by Crippen LogP contribution is 2.33. The highest BCUT2D eigenvalue weighted by Gasteiger charge is 2.19. The Morgan fingerprint density at radius 2 is 1.17 bits per heavy atom. The van der Waals surface area contributed by atoms with Crippen molar-refractivity contribution >= 4 is 0 Å². The third kappa shape index (κ3) is 7.41. The van der Waals surface area contributed by atoms with Gasteiger partial charge in [0.1, 0.15) is 0 Å². The fourth-order valence-corrected chi connectivity index (χ4v) is 4.55. The maximum atomic E-state index is 2.55. The third-order valence-electron chi connectivity index (χ3n) is 6.19. The van der Waals surface area contributed by atoms with Crippen LogP contribution in [0.4, 0.5) is 0 Å². The molecule has 0 aromatic heterocycles. The average molecular weight is 329 g/mol. The minimum atomic E-state index is 0.862. The summed E-state index contributed by atoms with van der Waals surface area (Å²) in [4.78, 5) is 0. The van der Waals surface area contributed by atoms with E-state index in [1.165, 1.54) is 77.0 Å². The second kappa shape index (κ2) is 11.7. The molecular weight excluding hydrogens is 288 g/mol. The standard InChI is InChI=1S/C24H40/c1-3-5-6-10-22-17-19-24(20-18-22)12-8-7-11-23-15-13-21(9-4-2)14-16-23/h4,6-7,9-11,21-24H,3,5,8,12-20H2,1-2H3/b9-4+,10-6+,11-7+. The van der Waals surface area contributed by atoms with Gasteiger partial charge in [0.05, 0.1) is 0 Å². The van der Waals surface area contributed by atoms with E-state index in [0.717, 1.165) is 23.7 Å². The van der Waals surface area contributed by atoms with Gasteiger partial charge < -0.3 is 0 Å². The molecule has 0 radical (unpaired) electrons. The van der Waals surface area contributed by atoms with Gasteiger partial charge in [-0.15, -0.1) is 0 Å². The van der Waals surface area contributed by atoms with Gasteiger partial charge in [-0.05, 0) is 101 Å². The molecule has 0 aliphatic heterocycles. The van der Waals surface area contributed by atoms with Gasteiger partial charge >= 0.3 is 0 Å². The minimum Gasteiger partial charge on any atom is -0.0914 e. The van der Waals surface area contributed by atoms with Crippen LogP contribution < -0.4 is 0 Å². The number of allylic oxidation sites excluding steroid dienone is 6. The molecule has 0 heteroatoms. The zero-order chi connectivity index (χ0) is 17.0. The van der Waals surface area contributed by atoms with Crippen molar-refractivity contribution in [3.05, 3.63) is 36.5 Å². The summed E-state index contributed by atoms with van der Waals surface area (Å²) < 4.78 is 0. The third-order valence-corrected chi connectivity index (χ3v) is 6.19. The van der Waals surface area contributed by atoms with E-state index in [4.69, 9.17) is 0 Å². The van der Waals surface area contributed by atoms with Crippen LogP contribution in [0.15, 0.2) is 36.5 Å². The first-order chi connectivity index (χ1) is 11.8. The van der Waals surface area contributed by atoms with E-state index in [1.54, 1.807) is 0 Å². The van der Waals surface area contributed by atoms with E-state index in [9.17, 15) is 0 Å². The lowest BCUT2D eigenvalue weighted by Gasteiger charge is -2.26. The van der Waals surface area contributed by atoms with Gasteiger partial charge in [0.15, 0.2) is 0 Å². The lowest BCUT2D eigenvalue weighted by Crippen LogP contribution is -2.13. The summed E-state index contributed by atoms with van der Waals surface area (Å²) in [6.07, 6.45) is 31.3. The molecule has 0 spiro atoms. The Kier molecular flexibility index (Phi) is 9.54. The summed E-state index contributed by atoms with van der Waals surface area (Å²) in [5.74, 6) is 3.61. The molecule has 2 aliphatic carbocycles. The lowest BCUT2D eigenvalue weighted by atomic mass is 9.79. The number of hydrogen-bond donors (Lipinski definition) is 0. The zero-order valence-corrected chi connectivity index (χ0v) is 16.3. The van der Waals surface area contributed by atoms with Crippen LogP contribution in [0, 0.1) is 23.7 Å². The van der Waals surface area contributed by atoms with Crippen LogP contribution in [0.5, 0.6) is 0 Å². The Balaban J connectivity index is 1.55. The molecule has 0 aromatic rings. The van der Waals surface area contributed by atoms with E-state index in [1.807, 2.05) is 0 Å². The number of hydrogen-bond acceptors (Lipinski definition) is 0. The fraction of sp³-hybridized carbons (Fsp3) is 0.750. The van der Waals surface area contributed by atoms with E-state index >= 15 is 0 Å². The summed E-state index contributed by atoms with van der Waals surface area (Å²) in [7, 11) is 0. The highest BCUT2D eigenvalue weighted by atomic mass is 14.2. The van der Waals surface area contributed by atoms with Gasteiger partial charge in [-0.3, -0.25) is 0 Å². The highest BCUT2D eigenvalue weighted by molar-refractivity contribution is 4.96. The van der Waals surface area contributed by atoms with E-state index in [0.29, 0.717) is 0 Å². The molecule has 2 saturated carbocycles. The first-order valence-electron chi connectivity index (χ1n) is 10.8. The predicted octanol–water partition coefficient (Wildman–Crippen LogP) is 7.87. The molecule has 24 heavy (non-hydrogen) atoms. The topological polar surface area (TPSA) is 0 Å². The van der Waals surface area contributed by atoms with Gasteiger partial charge in [-0.25, -0.2) is 0 Å². The van der Waals surface area contributed by atoms with Crippen LogP contribution in [0.3, 0.4) is 0 Å². The van der Waals surface area contributed by atoms with Gasteiger partial charge in [0.25, 0.3) is 0 Å². The van der Waals surface area contributed by atoms with Crippen LogP contribution in [0.2, 0.25) is 0 Å². The van der Waals surface area contributed by atoms with Crippen LogP contribution in [-0.4, -0.2) is 0 Å². The largest absolute Gasteiger partial charge is 0.0914 e. The van der Waals surface area contributed by atoms with E-state index in [2.05, 4.69) is 50.3 Å². The van der Waals surface area contributed by atoms with Crippen molar-refractivity contribution in [2.75, 3.05) is 0 Å². The normalized spacial score (nSPS) is 32.2. The van der Waals surface area contributed by atoms with E-state index < -0.39 is 0 Å². The molecule has 0 heterocycles. The number of unbranched alkanes of at least 4 members (excludes halogenated alkanes) is 1. The van der Waals surface area contributed by atoms with Gasteiger partial charge in [-0.1, -0.05) is 49.8 Å². The molecule has 0 bridgehead atoms. The first kappa shape index (κ1) is 19.5. The minimum absolute atomic E-state index is 0.862. The summed E-state index contributed by atoms with van der Waals surface area (Å²) in [5, 5.41) is 0. The van der Waals surface area contributed by atoms with Crippen molar-refractivity contribution < 1.29 is 0 Å². The van der Waals surface area contributed by atoms with Crippen molar-refractivity contribution in [1.82, 2.24) is 0 Å². The molecule has 0 atom stereocenters. The molecule has 0 aromatic carbocycles. The fourth-order valence-electron chi connectivity index (χ4n) is 4.55. The summed E-state index contributed by atoms with van der Waals surface area (Å²) in [5.41, 5.74) is 0. The van der Waals surface area contributed by atoms with E-state index in [-0.39, 0.29) is 0 Å². The molecular formula is C24H40. The van der Waals surface area contributed by atoms with Crippen molar-refractivity contribution in [1.29, 1.82) is 0 Å². The molecule has 0 amide bonds. The Bertz CT molecular complexity index is 384. The van der Waals surface area contributed by atoms with Crippen molar-refractivity contribution in [3.8, 4) is 0 Å². The molecule has 2 fully saturated rings.